The molecule has 0 aromatic carbocycles. The third-order valence-electron chi connectivity index (χ3n) is 4.46. The van der Waals surface area contributed by atoms with Crippen LogP contribution in [0.2, 0.25) is 0 Å². The SMILES string of the molecule is CC.CCC(=O)CCOCCNC(=O)C1CCC(NC(=O)CCOC)CC1.[HH].[HH]. The third-order valence-corrected chi connectivity index (χ3v) is 4.46. The van der Waals surface area contributed by atoms with Crippen molar-refractivity contribution in [2.24, 2.45) is 5.92 Å². The summed E-state index contributed by atoms with van der Waals surface area (Å²) in [4.78, 5) is 34.9. The molecule has 1 aliphatic carbocycles. The Kier molecular flexibility index (Phi) is 15.8. The van der Waals surface area contributed by atoms with E-state index in [0.717, 1.165) is 25.7 Å². The Bertz CT molecular complexity index is 431. The van der Waals surface area contributed by atoms with E-state index < -0.39 is 0 Å². The Morgan fingerprint density at radius 3 is 2.26 bits per heavy atom. The quantitative estimate of drug-likeness (QED) is 0.500. The van der Waals surface area contributed by atoms with E-state index in [1.54, 1.807) is 7.11 Å². The van der Waals surface area contributed by atoms with E-state index in [1.165, 1.54) is 0 Å². The lowest BCUT2D eigenvalue weighted by molar-refractivity contribution is -0.126. The van der Waals surface area contributed by atoms with E-state index in [0.29, 0.717) is 45.6 Å². The predicted octanol–water partition coefficient (Wildman–Crippen LogP) is 2.72. The van der Waals surface area contributed by atoms with Crippen LogP contribution < -0.4 is 10.6 Å². The van der Waals surface area contributed by atoms with E-state index in [4.69, 9.17) is 9.47 Å². The van der Waals surface area contributed by atoms with Crippen molar-refractivity contribution in [2.45, 2.75) is 71.8 Å². The molecule has 1 aliphatic rings. The molecular formula is C20H42N2O5. The second-order valence-electron chi connectivity index (χ2n) is 6.40. The number of carbonyl (C=O) groups is 3. The zero-order chi connectivity index (χ0) is 20.5. The Hall–Kier alpha value is -1.47. The zero-order valence-corrected chi connectivity index (χ0v) is 17.5. The van der Waals surface area contributed by atoms with Gasteiger partial charge >= 0.3 is 0 Å². The fourth-order valence-corrected chi connectivity index (χ4v) is 2.85. The van der Waals surface area contributed by atoms with Crippen LogP contribution in [0.1, 0.15) is 68.6 Å². The van der Waals surface area contributed by atoms with Crippen molar-refractivity contribution in [3.8, 4) is 0 Å². The zero-order valence-electron chi connectivity index (χ0n) is 17.5. The molecule has 1 saturated carbocycles. The van der Waals surface area contributed by atoms with E-state index in [1.807, 2.05) is 20.8 Å². The van der Waals surface area contributed by atoms with Crippen LogP contribution in [0.25, 0.3) is 0 Å². The summed E-state index contributed by atoms with van der Waals surface area (Å²) in [5, 5.41) is 5.88. The summed E-state index contributed by atoms with van der Waals surface area (Å²) < 4.78 is 10.2. The molecule has 0 atom stereocenters. The topological polar surface area (TPSA) is 93.7 Å². The Balaban J connectivity index is -0.00000163. The molecule has 2 amide bonds. The lowest BCUT2D eigenvalue weighted by Crippen LogP contribution is -2.41. The highest BCUT2D eigenvalue weighted by atomic mass is 16.5. The molecule has 1 fully saturated rings. The maximum Gasteiger partial charge on any atom is 0.223 e. The molecule has 0 aliphatic heterocycles. The van der Waals surface area contributed by atoms with Gasteiger partial charge in [-0.15, -0.1) is 0 Å². The molecule has 0 saturated heterocycles. The van der Waals surface area contributed by atoms with Crippen LogP contribution in [0.15, 0.2) is 0 Å². The fraction of sp³-hybridized carbons (Fsp3) is 0.850. The summed E-state index contributed by atoms with van der Waals surface area (Å²) in [5.41, 5.74) is 0. The number of carbonyl (C=O) groups excluding carboxylic acids is 3. The van der Waals surface area contributed by atoms with Crippen LogP contribution >= 0.6 is 0 Å². The number of rotatable bonds is 12. The fourth-order valence-electron chi connectivity index (χ4n) is 2.85. The molecule has 0 heterocycles. The number of nitrogens with one attached hydrogen (secondary N) is 2. The van der Waals surface area contributed by atoms with Crippen LogP contribution in [0.3, 0.4) is 0 Å². The van der Waals surface area contributed by atoms with Gasteiger partial charge in [0, 0.05) is 47.7 Å². The second-order valence-corrected chi connectivity index (χ2v) is 6.40. The molecule has 0 bridgehead atoms. The van der Waals surface area contributed by atoms with Gasteiger partial charge in [0.15, 0.2) is 0 Å². The van der Waals surface area contributed by atoms with Gasteiger partial charge in [0.25, 0.3) is 0 Å². The van der Waals surface area contributed by atoms with Crippen molar-refractivity contribution in [1.82, 2.24) is 10.6 Å². The van der Waals surface area contributed by atoms with Gasteiger partial charge in [-0.2, -0.15) is 0 Å². The van der Waals surface area contributed by atoms with Crippen molar-refractivity contribution in [3.05, 3.63) is 0 Å². The number of Topliss-reactive ketones (excluding diaryl/α,β-unsaturated/α-hetero) is 1. The maximum atomic E-state index is 12.1. The van der Waals surface area contributed by atoms with E-state index >= 15 is 0 Å². The third kappa shape index (κ3) is 12.5. The van der Waals surface area contributed by atoms with Crippen LogP contribution in [-0.2, 0) is 23.9 Å². The monoisotopic (exact) mass is 390 g/mol. The molecule has 7 nitrogen and oxygen atoms in total. The smallest absolute Gasteiger partial charge is 0.223 e. The summed E-state index contributed by atoms with van der Waals surface area (Å²) in [6, 6.07) is 0.160. The predicted molar refractivity (Wildman–Crippen MR) is 110 cm³/mol. The van der Waals surface area contributed by atoms with Crippen molar-refractivity contribution in [3.63, 3.8) is 0 Å². The highest BCUT2D eigenvalue weighted by Gasteiger charge is 2.26. The van der Waals surface area contributed by atoms with Gasteiger partial charge in [0.05, 0.1) is 19.8 Å². The van der Waals surface area contributed by atoms with Gasteiger partial charge in [-0.1, -0.05) is 20.8 Å². The Morgan fingerprint density at radius 1 is 1.00 bits per heavy atom. The number of hydrogen-bond donors (Lipinski definition) is 2. The highest BCUT2D eigenvalue weighted by Crippen LogP contribution is 2.24. The number of methoxy groups -OCH3 is 1. The average Bonchev–Trinajstić information content (AvgIpc) is 2.70. The molecule has 0 unspecified atom stereocenters. The van der Waals surface area contributed by atoms with Gasteiger partial charge in [-0.3, -0.25) is 14.4 Å². The van der Waals surface area contributed by atoms with Crippen molar-refractivity contribution in [2.75, 3.05) is 33.5 Å². The molecule has 0 spiro atoms. The van der Waals surface area contributed by atoms with E-state index in [9.17, 15) is 14.4 Å². The van der Waals surface area contributed by atoms with Crippen LogP contribution in [0.5, 0.6) is 0 Å². The van der Waals surface area contributed by atoms with E-state index in [2.05, 4.69) is 10.6 Å². The summed E-state index contributed by atoms with van der Waals surface area (Å²) in [6.07, 6.45) is 4.57. The first-order valence-corrected chi connectivity index (χ1v) is 10.2. The summed E-state index contributed by atoms with van der Waals surface area (Å²) in [5.74, 6) is 0.259. The summed E-state index contributed by atoms with van der Waals surface area (Å²) in [6.45, 7) is 7.57. The Morgan fingerprint density at radius 2 is 1.67 bits per heavy atom. The van der Waals surface area contributed by atoms with Crippen molar-refractivity contribution >= 4 is 17.6 Å². The molecule has 7 heteroatoms. The van der Waals surface area contributed by atoms with Crippen molar-refractivity contribution < 1.29 is 26.7 Å². The minimum absolute atomic E-state index is 0. The molecule has 0 aromatic heterocycles. The largest absolute Gasteiger partial charge is 0.384 e. The van der Waals surface area contributed by atoms with Gasteiger partial charge in [-0.25, -0.2) is 0 Å². The standard InChI is InChI=1S/C18H32N2O5.C2H6.2H2/c1-3-16(21)8-12-25-13-10-19-18(23)14-4-6-15(7-5-14)20-17(22)9-11-24-2;1-2;;/h14-15H,3-13H2,1-2H3,(H,19,23)(H,20,22);1-2H3;2*1H. The van der Waals surface area contributed by atoms with E-state index in [-0.39, 0.29) is 32.4 Å². The highest BCUT2D eigenvalue weighted by molar-refractivity contribution is 5.79. The minimum Gasteiger partial charge on any atom is -0.384 e. The van der Waals surface area contributed by atoms with Crippen LogP contribution in [-0.4, -0.2) is 57.1 Å². The van der Waals surface area contributed by atoms with Crippen molar-refractivity contribution in [1.29, 1.82) is 0 Å². The minimum atomic E-state index is 0. The number of ether oxygens (including phenoxy) is 2. The van der Waals surface area contributed by atoms with Gasteiger partial charge in [0.2, 0.25) is 11.8 Å². The lowest BCUT2D eigenvalue weighted by Gasteiger charge is -2.28. The molecule has 1 rings (SSSR count). The van der Waals surface area contributed by atoms with Gasteiger partial charge < -0.3 is 20.1 Å². The first kappa shape index (κ1) is 25.5. The maximum absolute atomic E-state index is 12.1. The summed E-state index contributed by atoms with van der Waals surface area (Å²) >= 11 is 0. The molecule has 0 radical (unpaired) electrons. The first-order valence-electron chi connectivity index (χ1n) is 10.2. The molecule has 162 valence electrons. The normalized spacial score (nSPS) is 18.8. The molecular weight excluding hydrogens is 348 g/mol. The Labute approximate surface area is 166 Å². The lowest BCUT2D eigenvalue weighted by atomic mass is 9.85. The number of amides is 2. The van der Waals surface area contributed by atoms with Crippen LogP contribution in [0.4, 0.5) is 0 Å². The van der Waals surface area contributed by atoms with Gasteiger partial charge in [0.1, 0.15) is 5.78 Å². The number of ketones is 1. The number of hydrogen-bond acceptors (Lipinski definition) is 5. The first-order chi connectivity index (χ1) is 13.1. The average molecular weight is 391 g/mol. The molecule has 2 N–H and O–H groups in total. The second kappa shape index (κ2) is 16.7. The molecule has 27 heavy (non-hydrogen) atoms. The molecule has 0 aromatic rings. The van der Waals surface area contributed by atoms with Gasteiger partial charge in [-0.05, 0) is 25.7 Å². The van der Waals surface area contributed by atoms with Crippen LogP contribution in [0, 0.1) is 5.92 Å². The summed E-state index contributed by atoms with van der Waals surface area (Å²) in [7, 11) is 1.58.